The van der Waals surface area contributed by atoms with Crippen molar-refractivity contribution in [3.05, 3.63) is 59.7 Å². The molecule has 1 fully saturated rings. The van der Waals surface area contributed by atoms with Crippen LogP contribution in [-0.4, -0.2) is 270 Å². The lowest BCUT2D eigenvalue weighted by atomic mass is 9.79. The molecule has 12 N–H and O–H groups in total. The normalized spacial score (nSPS) is 12.8. The minimum atomic E-state index is -0.681. The molecule has 1 aliphatic carbocycles. The van der Waals surface area contributed by atoms with Crippen molar-refractivity contribution in [2.45, 2.75) is 195 Å². The van der Waals surface area contributed by atoms with Crippen molar-refractivity contribution in [1.29, 1.82) is 0 Å². The number of hydrogen-bond donors (Lipinski definition) is 12. The van der Waals surface area contributed by atoms with Gasteiger partial charge in [-0.2, -0.15) is 0 Å². The number of amides is 12. The molecule has 0 spiro atoms. The average Bonchev–Trinajstić information content (AvgIpc) is 1.75. The van der Waals surface area contributed by atoms with Gasteiger partial charge in [0.25, 0.3) is 11.8 Å². The number of carbonyl (C=O) groups is 21. The Morgan fingerprint density at radius 2 is 0.688 bits per heavy atom. The molecule has 128 heavy (non-hydrogen) atoms. The first kappa shape index (κ1) is 114. The molecule has 0 bridgehead atoms. The van der Waals surface area contributed by atoms with Gasteiger partial charge in [-0.25, -0.2) is 0 Å². The molecule has 2 aromatic carbocycles. The third kappa shape index (κ3) is 56.7. The zero-order chi connectivity index (χ0) is 95.7. The number of Topliss-reactive ketones (excluding diaryl/α,β-unsaturated/α-hetero) is 7. The van der Waals surface area contributed by atoms with E-state index in [4.69, 9.17) is 28.4 Å². The Kier molecular flexibility index (Phi) is 60.5. The first-order valence-electron chi connectivity index (χ1n) is 43.2. The number of quaternary nitrogens is 2. The second-order valence-corrected chi connectivity index (χ2v) is 30.6. The summed E-state index contributed by atoms with van der Waals surface area (Å²) in [5.74, 6) is -5.46. The molecule has 40 nitrogen and oxygen atoms in total. The van der Waals surface area contributed by atoms with Gasteiger partial charge < -0.3 is 91.4 Å². The fourth-order valence-corrected chi connectivity index (χ4v) is 11.4. The number of hydrogen-bond acceptors (Lipinski definition) is 27. The quantitative estimate of drug-likeness (QED) is 0.0212. The Labute approximate surface area is 747 Å². The molecule has 40 heteroatoms. The molecular formula is C88H135N13O27+2. The highest BCUT2D eigenvalue weighted by atomic mass is 16.5. The highest BCUT2D eigenvalue weighted by Crippen LogP contribution is 2.32. The summed E-state index contributed by atoms with van der Waals surface area (Å²) in [5, 5.41) is 23.8. The van der Waals surface area contributed by atoms with E-state index in [2.05, 4.69) is 67.0 Å². The van der Waals surface area contributed by atoms with Crippen LogP contribution in [0.25, 0.3) is 0 Å². The van der Waals surface area contributed by atoms with E-state index in [-0.39, 0.29) is 158 Å². The molecule has 0 radical (unpaired) electrons. The summed E-state index contributed by atoms with van der Waals surface area (Å²) >= 11 is 0. The second-order valence-electron chi connectivity index (χ2n) is 30.6. The Morgan fingerprint density at radius 3 is 1.01 bits per heavy atom. The van der Waals surface area contributed by atoms with Crippen molar-refractivity contribution in [2.24, 2.45) is 11.8 Å². The molecule has 0 unspecified atom stereocenters. The van der Waals surface area contributed by atoms with E-state index in [0.29, 0.717) is 124 Å². The number of benzene rings is 2. The van der Waals surface area contributed by atoms with E-state index in [1.54, 1.807) is 50.5 Å². The number of methoxy groups -OCH3 is 2. The van der Waals surface area contributed by atoms with Crippen molar-refractivity contribution in [3.8, 4) is 23.0 Å². The summed E-state index contributed by atoms with van der Waals surface area (Å²) < 4.78 is 32.4. The number of rotatable bonds is 61. The molecule has 0 aromatic heterocycles. The number of ether oxygens (including phenoxy) is 6. The lowest BCUT2D eigenvalue weighted by Crippen LogP contribution is -3.05. The van der Waals surface area contributed by atoms with Crippen molar-refractivity contribution in [3.63, 3.8) is 0 Å². The van der Waals surface area contributed by atoms with E-state index in [0.717, 1.165) is 41.9 Å². The molecule has 12 amide bonds. The third-order valence-electron chi connectivity index (χ3n) is 18.9. The maximum atomic E-state index is 12.2. The van der Waals surface area contributed by atoms with Gasteiger partial charge in [0.1, 0.15) is 53.6 Å². The van der Waals surface area contributed by atoms with Crippen LogP contribution in [0.1, 0.15) is 192 Å². The van der Waals surface area contributed by atoms with Gasteiger partial charge in [0, 0.05) is 145 Å². The van der Waals surface area contributed by atoms with E-state index >= 15 is 0 Å². The van der Waals surface area contributed by atoms with Gasteiger partial charge in [-0.3, -0.25) is 106 Å². The van der Waals surface area contributed by atoms with Crippen LogP contribution in [0.15, 0.2) is 48.6 Å². The van der Waals surface area contributed by atoms with Gasteiger partial charge in [-0.1, -0.05) is 27.2 Å². The highest BCUT2D eigenvalue weighted by molar-refractivity contribution is 6.13. The zero-order valence-electron chi connectivity index (χ0n) is 76.0. The molecule has 1 aliphatic heterocycles. The van der Waals surface area contributed by atoms with Crippen LogP contribution in [0.4, 0.5) is 0 Å². The summed E-state index contributed by atoms with van der Waals surface area (Å²) in [6, 6.07) is 9.97. The molecule has 4 rings (SSSR count). The minimum absolute atomic E-state index is 0.0217. The Hall–Kier alpha value is -12.2. The molecule has 2 aliphatic rings. The fraction of sp³-hybridized carbons (Fsp3) is 0.602. The van der Waals surface area contributed by atoms with Gasteiger partial charge in [-0.15, -0.1) is 0 Å². The van der Waals surface area contributed by atoms with Crippen LogP contribution in [0.3, 0.4) is 0 Å². The molecule has 0 atom stereocenters. The standard InChI is InChI=1S/2C35H52N6O12.C15H21NO3.C3H8/c2*1-36-30(45)6-5-17-52-28-11-7-24(29(18-28)51-4)23-53-35(50)14-10-27(44)20-38-33(48)22-40-34(49)21-39-32(47)13-9-26(43)19-37-31(46)12-8-25(42)15-16-41(2)3;1-2-3-13(17)12-6-4-11(5-7-12)10-16-14(18)8-9-15(16)19;1-3-2/h2*7,11,18H,5-6,8-10,12-17,19-23H2,1-4H3,(H,36,45)(H,37,46)(H,38,48)(H,39,47)(H,40,49);8-9,11-12H,2-7,10H2,1H3;3H2,1-2H3/p+2. The van der Waals surface area contributed by atoms with Crippen molar-refractivity contribution in [2.75, 3.05) is 142 Å². The number of nitrogens with zero attached hydrogens (tertiary/aromatic N) is 1. The van der Waals surface area contributed by atoms with Crippen molar-refractivity contribution in [1.82, 2.24) is 58.1 Å². The van der Waals surface area contributed by atoms with Gasteiger partial charge >= 0.3 is 11.9 Å². The van der Waals surface area contributed by atoms with Crippen LogP contribution in [0, 0.1) is 11.8 Å². The Morgan fingerprint density at radius 1 is 0.375 bits per heavy atom. The van der Waals surface area contributed by atoms with Crippen LogP contribution in [-0.2, 0) is 123 Å². The third-order valence-corrected chi connectivity index (χ3v) is 18.9. The number of carbonyl (C=O) groups excluding carboxylic acids is 21. The average molecular weight is 1810 g/mol. The Bertz CT molecular complexity index is 3800. The van der Waals surface area contributed by atoms with Gasteiger partial charge in [-0.05, 0) is 75.1 Å². The summed E-state index contributed by atoms with van der Waals surface area (Å²) in [4.78, 5) is 253. The van der Waals surface area contributed by atoms with Gasteiger partial charge in [0.15, 0.2) is 23.1 Å². The van der Waals surface area contributed by atoms with Crippen molar-refractivity contribution < 1.29 is 139 Å². The van der Waals surface area contributed by atoms with Crippen LogP contribution in [0.2, 0.25) is 0 Å². The lowest BCUT2D eigenvalue weighted by molar-refractivity contribution is -0.857. The molecule has 1 heterocycles. The summed E-state index contributed by atoms with van der Waals surface area (Å²) in [6.07, 6.45) is 10.2. The van der Waals surface area contributed by atoms with Crippen LogP contribution in [0.5, 0.6) is 23.0 Å². The zero-order valence-corrected chi connectivity index (χ0v) is 76.0. The van der Waals surface area contributed by atoms with Crippen molar-refractivity contribution >= 4 is 123 Å². The molecule has 712 valence electrons. The minimum Gasteiger partial charge on any atom is -0.496 e. The van der Waals surface area contributed by atoms with E-state index in [1.165, 1.54) is 37.7 Å². The molecule has 1 saturated carbocycles. The molecule has 2 aromatic rings. The molecule has 0 saturated heterocycles. The summed E-state index contributed by atoms with van der Waals surface area (Å²) in [5.41, 5.74) is 1.15. The second kappa shape index (κ2) is 68.0. The van der Waals surface area contributed by atoms with Gasteiger partial charge in [0.2, 0.25) is 59.1 Å². The highest BCUT2D eigenvalue weighted by Gasteiger charge is 2.31. The first-order valence-corrected chi connectivity index (χ1v) is 43.2. The largest absolute Gasteiger partial charge is 0.496 e. The lowest BCUT2D eigenvalue weighted by Gasteiger charge is -2.29. The fourth-order valence-electron chi connectivity index (χ4n) is 11.4. The predicted molar refractivity (Wildman–Crippen MR) is 464 cm³/mol. The van der Waals surface area contributed by atoms with E-state index in [9.17, 15) is 101 Å². The van der Waals surface area contributed by atoms with Gasteiger partial charge in [0.05, 0.1) is 147 Å². The summed E-state index contributed by atoms with van der Waals surface area (Å²) in [6.45, 7) is 5.43. The predicted octanol–water partition coefficient (Wildman–Crippen LogP) is -1.12. The maximum Gasteiger partial charge on any atom is 0.306 e. The van der Waals surface area contributed by atoms with E-state index in [1.807, 2.05) is 35.1 Å². The summed E-state index contributed by atoms with van der Waals surface area (Å²) in [7, 11) is 13.7. The molecular weight excluding hydrogens is 1670 g/mol. The maximum absolute atomic E-state index is 12.2. The van der Waals surface area contributed by atoms with Crippen LogP contribution >= 0.6 is 0 Å². The Balaban J connectivity index is 0.00000103. The first-order chi connectivity index (χ1) is 61.0. The van der Waals surface area contributed by atoms with Crippen LogP contribution < -0.4 is 81.9 Å². The monoisotopic (exact) mass is 1810 g/mol. The number of imide groups is 1. The number of nitrogens with one attached hydrogen (secondary N) is 12. The number of ketones is 7. The smallest absolute Gasteiger partial charge is 0.306 e. The topological polar surface area (TPSA) is 546 Å². The SMILES string of the molecule is CCC.CCCC(=O)C1CCC(CN2C(=O)C=CC2=O)CC1.CNC(=O)CCCOc1ccc(COC(=O)CCC(=O)CNC(=O)CNC(=O)CNC(=O)CCC(=O)CNC(=O)CCC(=O)CC[NH+](C)C)c(OC)c1.CNC(=O)CCCOc1ccc(COC(=O)CCC(=O)CNC(=O)CNC(=O)CNC(=O)CCC(=O)CNC(=O)CCC(=O)CC[NH+](C)C)c(OC)c1. The number of esters is 2. The van der Waals surface area contributed by atoms with E-state index < -0.39 is 109 Å².